The van der Waals surface area contributed by atoms with Gasteiger partial charge in [-0.1, -0.05) is 17.3 Å². The van der Waals surface area contributed by atoms with Crippen LogP contribution in [-0.2, 0) is 6.42 Å². The third-order valence-corrected chi connectivity index (χ3v) is 3.98. The molecule has 0 fully saturated rings. The summed E-state index contributed by atoms with van der Waals surface area (Å²) in [6.07, 6.45) is 0.716. The van der Waals surface area contributed by atoms with E-state index in [1.807, 2.05) is 55.6 Å². The predicted octanol–water partition coefficient (Wildman–Crippen LogP) is 3.64. The number of benzene rings is 2. The van der Waals surface area contributed by atoms with Gasteiger partial charge < -0.3 is 19.9 Å². The molecule has 2 aromatic carbocycles. The fourth-order valence-electron chi connectivity index (χ4n) is 2.43. The van der Waals surface area contributed by atoms with E-state index in [0.717, 1.165) is 22.7 Å². The number of nitrogens with zero attached hydrogens (tertiary/aromatic N) is 2. The number of anilines is 2. The first-order valence-corrected chi connectivity index (χ1v) is 8.20. The Hall–Kier alpha value is -2.86. The lowest BCUT2D eigenvalue weighted by molar-refractivity contribution is 0.415. The van der Waals surface area contributed by atoms with Gasteiger partial charge in [0, 0.05) is 18.2 Å². The molecule has 3 rings (SSSR count). The number of aromatic nitrogens is 2. The highest BCUT2D eigenvalue weighted by Gasteiger charge is 2.14. The van der Waals surface area contributed by atoms with Gasteiger partial charge in [-0.2, -0.15) is 4.98 Å². The van der Waals surface area contributed by atoms with Crippen LogP contribution in [0.3, 0.4) is 0 Å². The number of nitrogens with one attached hydrogen (secondary N) is 2. The van der Waals surface area contributed by atoms with Gasteiger partial charge in [-0.05, 0) is 50.4 Å². The molecule has 1 atom stereocenters. The van der Waals surface area contributed by atoms with Gasteiger partial charge in [0.15, 0.2) is 5.82 Å². The fourth-order valence-corrected chi connectivity index (χ4v) is 2.43. The van der Waals surface area contributed by atoms with Crippen LogP contribution in [0.4, 0.5) is 11.4 Å². The summed E-state index contributed by atoms with van der Waals surface area (Å²) < 4.78 is 10.7. The van der Waals surface area contributed by atoms with E-state index in [0.29, 0.717) is 18.1 Å². The van der Waals surface area contributed by atoms with Crippen LogP contribution in [-0.4, -0.2) is 30.3 Å². The van der Waals surface area contributed by atoms with Crippen molar-refractivity contribution in [2.45, 2.75) is 19.4 Å². The van der Waals surface area contributed by atoms with Crippen LogP contribution in [0, 0.1) is 0 Å². The Morgan fingerprint density at radius 1 is 1.12 bits per heavy atom. The van der Waals surface area contributed by atoms with Crippen LogP contribution in [0.5, 0.6) is 5.75 Å². The van der Waals surface area contributed by atoms with Crippen LogP contribution in [0.25, 0.3) is 11.5 Å². The fraction of sp³-hybridized carbons (Fsp3) is 0.263. The largest absolute Gasteiger partial charge is 0.497 e. The molecule has 130 valence electrons. The number of para-hydroxylation sites is 1. The number of ether oxygens (including phenoxy) is 1. The summed E-state index contributed by atoms with van der Waals surface area (Å²) in [5.74, 6) is 2.02. The third kappa shape index (κ3) is 4.16. The molecule has 0 aliphatic heterocycles. The number of methoxy groups -OCH3 is 1. The highest BCUT2D eigenvalue weighted by Crippen LogP contribution is 2.29. The van der Waals surface area contributed by atoms with Crippen molar-refractivity contribution in [3.63, 3.8) is 0 Å². The summed E-state index contributed by atoms with van der Waals surface area (Å²) in [6.45, 7) is 2.08. The molecular weight excluding hydrogens is 316 g/mol. The van der Waals surface area contributed by atoms with Crippen LogP contribution < -0.4 is 15.4 Å². The van der Waals surface area contributed by atoms with Crippen molar-refractivity contribution in [2.24, 2.45) is 0 Å². The molecule has 0 radical (unpaired) electrons. The quantitative estimate of drug-likeness (QED) is 0.685. The summed E-state index contributed by atoms with van der Waals surface area (Å²) in [7, 11) is 3.57. The summed E-state index contributed by atoms with van der Waals surface area (Å²) in [5.41, 5.74) is 2.73. The Labute approximate surface area is 147 Å². The second-order valence-electron chi connectivity index (χ2n) is 5.81. The second kappa shape index (κ2) is 7.81. The lowest BCUT2D eigenvalue weighted by Crippen LogP contribution is -2.24. The normalized spacial score (nSPS) is 12.0. The monoisotopic (exact) mass is 338 g/mol. The molecular formula is C19H22N4O2. The molecule has 2 N–H and O–H groups in total. The number of rotatable bonds is 7. The molecule has 0 aliphatic carbocycles. The van der Waals surface area contributed by atoms with Crippen molar-refractivity contribution in [1.29, 1.82) is 0 Å². The minimum Gasteiger partial charge on any atom is -0.497 e. The molecule has 0 spiro atoms. The molecule has 0 saturated heterocycles. The summed E-state index contributed by atoms with van der Waals surface area (Å²) in [5, 5.41) is 10.6. The number of hydrogen-bond acceptors (Lipinski definition) is 6. The Morgan fingerprint density at radius 2 is 1.88 bits per heavy atom. The summed E-state index contributed by atoms with van der Waals surface area (Å²) in [4.78, 5) is 4.52. The van der Waals surface area contributed by atoms with Gasteiger partial charge in [-0.15, -0.1) is 0 Å². The number of hydrogen-bond donors (Lipinski definition) is 2. The minimum absolute atomic E-state index is 0.290. The zero-order chi connectivity index (χ0) is 17.6. The minimum atomic E-state index is 0.290. The van der Waals surface area contributed by atoms with Crippen molar-refractivity contribution in [3.8, 4) is 17.2 Å². The van der Waals surface area contributed by atoms with E-state index in [1.165, 1.54) is 0 Å². The third-order valence-electron chi connectivity index (χ3n) is 3.98. The Kier molecular flexibility index (Phi) is 5.30. The van der Waals surface area contributed by atoms with Crippen LogP contribution in [0.1, 0.15) is 12.7 Å². The van der Waals surface area contributed by atoms with Gasteiger partial charge in [-0.25, -0.2) is 0 Å². The first kappa shape index (κ1) is 17.0. The van der Waals surface area contributed by atoms with Gasteiger partial charge >= 0.3 is 0 Å². The lowest BCUT2D eigenvalue weighted by Gasteiger charge is -2.10. The van der Waals surface area contributed by atoms with Crippen molar-refractivity contribution in [3.05, 3.63) is 54.4 Å². The van der Waals surface area contributed by atoms with E-state index in [-0.39, 0.29) is 6.04 Å². The molecule has 1 aromatic heterocycles. The maximum Gasteiger partial charge on any atom is 0.260 e. The SMILES string of the molecule is CNC(C)Cc1noc(-c2ccccc2Nc2ccc(OC)cc2)n1. The van der Waals surface area contributed by atoms with Crippen molar-refractivity contribution >= 4 is 11.4 Å². The molecule has 25 heavy (non-hydrogen) atoms. The smallest absolute Gasteiger partial charge is 0.260 e. The van der Waals surface area contributed by atoms with Crippen LogP contribution in [0.15, 0.2) is 53.1 Å². The summed E-state index contributed by atoms with van der Waals surface area (Å²) >= 11 is 0. The highest BCUT2D eigenvalue weighted by atomic mass is 16.5. The standard InChI is InChI=1S/C19H22N4O2/c1-13(20-2)12-18-22-19(25-23-18)16-6-4-5-7-17(16)21-14-8-10-15(24-3)11-9-14/h4-11,13,20-21H,12H2,1-3H3. The zero-order valence-electron chi connectivity index (χ0n) is 14.6. The van der Waals surface area contributed by atoms with E-state index in [1.54, 1.807) is 7.11 Å². The van der Waals surface area contributed by atoms with E-state index in [4.69, 9.17) is 9.26 Å². The van der Waals surface area contributed by atoms with Gasteiger partial charge in [-0.3, -0.25) is 0 Å². The van der Waals surface area contributed by atoms with E-state index in [2.05, 4.69) is 27.7 Å². The second-order valence-corrected chi connectivity index (χ2v) is 5.81. The Balaban J connectivity index is 1.83. The molecule has 0 amide bonds. The Morgan fingerprint density at radius 3 is 2.60 bits per heavy atom. The van der Waals surface area contributed by atoms with Crippen molar-refractivity contribution in [2.75, 3.05) is 19.5 Å². The van der Waals surface area contributed by atoms with E-state index in [9.17, 15) is 0 Å². The zero-order valence-corrected chi connectivity index (χ0v) is 14.6. The molecule has 0 aliphatic rings. The topological polar surface area (TPSA) is 72.2 Å². The van der Waals surface area contributed by atoms with Crippen molar-refractivity contribution < 1.29 is 9.26 Å². The average molecular weight is 338 g/mol. The van der Waals surface area contributed by atoms with Gasteiger partial charge in [0.1, 0.15) is 5.75 Å². The Bertz CT molecular complexity index is 814. The van der Waals surface area contributed by atoms with E-state index < -0.39 is 0 Å². The van der Waals surface area contributed by atoms with Crippen molar-refractivity contribution in [1.82, 2.24) is 15.5 Å². The molecule has 6 heteroatoms. The molecule has 6 nitrogen and oxygen atoms in total. The summed E-state index contributed by atoms with van der Waals surface area (Å²) in [6, 6.07) is 15.9. The molecule has 0 saturated carbocycles. The maximum atomic E-state index is 5.46. The molecule has 0 bridgehead atoms. The molecule has 1 heterocycles. The number of likely N-dealkylation sites (N-methyl/N-ethyl adjacent to an activating group) is 1. The first-order valence-electron chi connectivity index (χ1n) is 8.20. The molecule has 3 aromatic rings. The van der Waals surface area contributed by atoms with Gasteiger partial charge in [0.25, 0.3) is 5.89 Å². The van der Waals surface area contributed by atoms with Crippen LogP contribution in [0.2, 0.25) is 0 Å². The lowest BCUT2D eigenvalue weighted by atomic mass is 10.1. The van der Waals surface area contributed by atoms with Gasteiger partial charge in [0.05, 0.1) is 18.4 Å². The first-order chi connectivity index (χ1) is 12.2. The van der Waals surface area contributed by atoms with Gasteiger partial charge in [0.2, 0.25) is 0 Å². The average Bonchev–Trinajstić information content (AvgIpc) is 3.11. The predicted molar refractivity (Wildman–Crippen MR) is 98.2 cm³/mol. The highest BCUT2D eigenvalue weighted by molar-refractivity contribution is 5.76. The maximum absolute atomic E-state index is 5.46. The van der Waals surface area contributed by atoms with E-state index >= 15 is 0 Å². The molecule has 1 unspecified atom stereocenters. The van der Waals surface area contributed by atoms with Crippen LogP contribution >= 0.6 is 0 Å².